The highest BCUT2D eigenvalue weighted by molar-refractivity contribution is 7.13. The third kappa shape index (κ3) is 3.30. The first-order valence-corrected chi connectivity index (χ1v) is 6.83. The first-order chi connectivity index (χ1) is 8.27. The molecule has 0 fully saturated rings. The fourth-order valence-electron chi connectivity index (χ4n) is 1.95. The van der Waals surface area contributed by atoms with Crippen molar-refractivity contribution in [2.45, 2.75) is 19.8 Å². The number of benzene rings is 1. The van der Waals surface area contributed by atoms with Gasteiger partial charge in [0.1, 0.15) is 0 Å². The number of hydrogen-bond donors (Lipinski definition) is 1. The topological polar surface area (TPSA) is 24.9 Å². The Kier molecular flexibility index (Phi) is 4.15. The van der Waals surface area contributed by atoms with Gasteiger partial charge in [-0.3, -0.25) is 0 Å². The number of anilines is 1. The fourth-order valence-corrected chi connectivity index (χ4v) is 2.49. The van der Waals surface area contributed by atoms with E-state index in [0.717, 1.165) is 11.7 Å². The van der Waals surface area contributed by atoms with E-state index in [4.69, 9.17) is 0 Å². The van der Waals surface area contributed by atoms with Crippen molar-refractivity contribution in [3.8, 4) is 0 Å². The number of rotatable bonds is 5. The van der Waals surface area contributed by atoms with Crippen LogP contribution in [0.2, 0.25) is 0 Å². The molecule has 1 unspecified atom stereocenters. The van der Waals surface area contributed by atoms with E-state index in [1.54, 1.807) is 11.3 Å². The summed E-state index contributed by atoms with van der Waals surface area (Å²) in [5.41, 5.74) is 1.39. The van der Waals surface area contributed by atoms with Gasteiger partial charge in [0, 0.05) is 24.0 Å². The molecule has 1 atom stereocenters. The maximum absolute atomic E-state index is 4.25. The molecule has 0 amide bonds. The fraction of sp³-hybridized carbons (Fsp3) is 0.357. The monoisotopic (exact) mass is 246 g/mol. The summed E-state index contributed by atoms with van der Waals surface area (Å²) in [6.45, 7) is 5.47. The minimum Gasteiger partial charge on any atom is -0.361 e. The van der Waals surface area contributed by atoms with Crippen molar-refractivity contribution in [3.63, 3.8) is 0 Å². The van der Waals surface area contributed by atoms with Crippen molar-refractivity contribution in [3.05, 3.63) is 47.5 Å². The van der Waals surface area contributed by atoms with E-state index < -0.39 is 0 Å². The number of aromatic nitrogens is 1. The lowest BCUT2D eigenvalue weighted by atomic mass is 9.88. The van der Waals surface area contributed by atoms with Gasteiger partial charge in [-0.25, -0.2) is 4.98 Å². The highest BCUT2D eigenvalue weighted by Crippen LogP contribution is 2.25. The second-order valence-corrected chi connectivity index (χ2v) is 5.37. The molecule has 3 heteroatoms. The van der Waals surface area contributed by atoms with Crippen LogP contribution in [0.3, 0.4) is 0 Å². The van der Waals surface area contributed by atoms with E-state index in [2.05, 4.69) is 54.5 Å². The minimum absolute atomic E-state index is 0.528. The first-order valence-electron chi connectivity index (χ1n) is 5.95. The lowest BCUT2D eigenvalue weighted by molar-refractivity contribution is 0.517. The molecule has 2 nitrogen and oxygen atoms in total. The Morgan fingerprint density at radius 3 is 2.59 bits per heavy atom. The Hall–Kier alpha value is -1.35. The van der Waals surface area contributed by atoms with Gasteiger partial charge in [-0.2, -0.15) is 0 Å². The molecule has 1 aromatic heterocycles. The molecule has 0 aliphatic rings. The smallest absolute Gasteiger partial charge is 0.182 e. The Labute approximate surface area is 107 Å². The molecule has 0 spiro atoms. The number of hydrogen-bond acceptors (Lipinski definition) is 3. The maximum atomic E-state index is 4.25. The van der Waals surface area contributed by atoms with E-state index in [1.165, 1.54) is 5.56 Å². The summed E-state index contributed by atoms with van der Waals surface area (Å²) in [4.78, 5) is 4.25. The summed E-state index contributed by atoms with van der Waals surface area (Å²) in [5, 5.41) is 6.41. The summed E-state index contributed by atoms with van der Waals surface area (Å²) in [5.74, 6) is 1.14. The van der Waals surface area contributed by atoms with E-state index in [-0.39, 0.29) is 0 Å². The van der Waals surface area contributed by atoms with Gasteiger partial charge in [-0.15, -0.1) is 11.3 Å². The zero-order valence-corrected chi connectivity index (χ0v) is 11.1. The second-order valence-electron chi connectivity index (χ2n) is 4.48. The normalized spacial score (nSPS) is 12.6. The molecule has 1 N–H and O–H groups in total. The minimum atomic E-state index is 0.528. The average molecular weight is 246 g/mol. The molecule has 17 heavy (non-hydrogen) atoms. The molecule has 0 aliphatic carbocycles. The van der Waals surface area contributed by atoms with Gasteiger partial charge in [0.15, 0.2) is 5.13 Å². The first kappa shape index (κ1) is 12.1. The van der Waals surface area contributed by atoms with Crippen LogP contribution in [0.5, 0.6) is 0 Å². The molecule has 1 aromatic carbocycles. The van der Waals surface area contributed by atoms with Crippen LogP contribution in [0.15, 0.2) is 41.9 Å². The van der Waals surface area contributed by atoms with E-state index in [0.29, 0.717) is 11.8 Å². The predicted molar refractivity (Wildman–Crippen MR) is 74.6 cm³/mol. The molecule has 0 saturated heterocycles. The van der Waals surface area contributed by atoms with Crippen LogP contribution in [0.1, 0.15) is 25.3 Å². The van der Waals surface area contributed by atoms with Crippen LogP contribution in [0, 0.1) is 5.92 Å². The van der Waals surface area contributed by atoms with Crippen LogP contribution in [-0.2, 0) is 0 Å². The standard InChI is InChI=1S/C14H18N2S/c1-11(2)13(12-6-4-3-5-7-12)10-16-14-15-8-9-17-14/h3-9,11,13H,10H2,1-2H3,(H,15,16). The summed E-state index contributed by atoms with van der Waals surface area (Å²) in [6, 6.07) is 10.7. The molecule has 2 aromatic rings. The zero-order chi connectivity index (χ0) is 12.1. The molecule has 0 radical (unpaired) electrons. The molecule has 1 heterocycles. The molecule has 0 saturated carbocycles. The second kappa shape index (κ2) is 5.82. The third-order valence-corrected chi connectivity index (χ3v) is 3.67. The average Bonchev–Trinajstić information content (AvgIpc) is 2.83. The molecule has 0 bridgehead atoms. The predicted octanol–water partition coefficient (Wildman–Crippen LogP) is 3.99. The highest BCUT2D eigenvalue weighted by atomic mass is 32.1. The molecular formula is C14H18N2S. The summed E-state index contributed by atoms with van der Waals surface area (Å²) in [6.07, 6.45) is 1.83. The lowest BCUT2D eigenvalue weighted by Crippen LogP contribution is -2.17. The van der Waals surface area contributed by atoms with Gasteiger partial charge in [-0.1, -0.05) is 44.2 Å². The zero-order valence-electron chi connectivity index (χ0n) is 10.3. The van der Waals surface area contributed by atoms with Crippen LogP contribution in [0.25, 0.3) is 0 Å². The molecular weight excluding hydrogens is 228 g/mol. The molecule has 0 aliphatic heterocycles. The van der Waals surface area contributed by atoms with E-state index in [9.17, 15) is 0 Å². The summed E-state index contributed by atoms with van der Waals surface area (Å²) < 4.78 is 0. The van der Waals surface area contributed by atoms with Gasteiger partial charge in [0.05, 0.1) is 0 Å². The van der Waals surface area contributed by atoms with Crippen LogP contribution >= 0.6 is 11.3 Å². The van der Waals surface area contributed by atoms with Crippen LogP contribution < -0.4 is 5.32 Å². The van der Waals surface area contributed by atoms with Crippen molar-refractivity contribution in [1.29, 1.82) is 0 Å². The van der Waals surface area contributed by atoms with Gasteiger partial charge in [0.25, 0.3) is 0 Å². The lowest BCUT2D eigenvalue weighted by Gasteiger charge is -2.21. The number of thiazole rings is 1. The largest absolute Gasteiger partial charge is 0.361 e. The van der Waals surface area contributed by atoms with Gasteiger partial charge < -0.3 is 5.32 Å². The Bertz CT molecular complexity index is 423. The maximum Gasteiger partial charge on any atom is 0.182 e. The van der Waals surface area contributed by atoms with Crippen molar-refractivity contribution in [2.24, 2.45) is 5.92 Å². The van der Waals surface area contributed by atoms with Gasteiger partial charge in [0.2, 0.25) is 0 Å². The van der Waals surface area contributed by atoms with Crippen molar-refractivity contribution >= 4 is 16.5 Å². The summed E-state index contributed by atoms with van der Waals surface area (Å²) in [7, 11) is 0. The Morgan fingerprint density at radius 1 is 1.24 bits per heavy atom. The molecule has 90 valence electrons. The Morgan fingerprint density at radius 2 is 2.00 bits per heavy atom. The van der Waals surface area contributed by atoms with Crippen molar-refractivity contribution in [2.75, 3.05) is 11.9 Å². The van der Waals surface area contributed by atoms with Crippen molar-refractivity contribution in [1.82, 2.24) is 4.98 Å². The van der Waals surface area contributed by atoms with E-state index >= 15 is 0 Å². The third-order valence-electron chi connectivity index (χ3n) is 2.94. The highest BCUT2D eigenvalue weighted by Gasteiger charge is 2.15. The Balaban J connectivity index is 2.03. The summed E-state index contributed by atoms with van der Waals surface area (Å²) >= 11 is 1.65. The van der Waals surface area contributed by atoms with E-state index in [1.807, 2.05) is 11.6 Å². The number of nitrogens with zero attached hydrogens (tertiary/aromatic N) is 1. The van der Waals surface area contributed by atoms with Crippen LogP contribution in [-0.4, -0.2) is 11.5 Å². The van der Waals surface area contributed by atoms with Crippen LogP contribution in [0.4, 0.5) is 5.13 Å². The van der Waals surface area contributed by atoms with Crippen molar-refractivity contribution < 1.29 is 0 Å². The SMILES string of the molecule is CC(C)C(CNc1nccs1)c1ccccc1. The van der Waals surface area contributed by atoms with Gasteiger partial charge >= 0.3 is 0 Å². The quantitative estimate of drug-likeness (QED) is 0.862. The molecule has 2 rings (SSSR count). The van der Waals surface area contributed by atoms with Gasteiger partial charge in [-0.05, 0) is 11.5 Å². The number of nitrogens with one attached hydrogen (secondary N) is 1.